The Kier molecular flexibility index (Phi) is 5.78. The normalized spacial score (nSPS) is 26.5. The lowest BCUT2D eigenvalue weighted by Crippen LogP contribution is -2.36. The van der Waals surface area contributed by atoms with Gasteiger partial charge in [-0.05, 0) is 18.2 Å². The summed E-state index contributed by atoms with van der Waals surface area (Å²) < 4.78 is 79.2. The van der Waals surface area contributed by atoms with Crippen LogP contribution in [0.15, 0.2) is 30.3 Å². The monoisotopic (exact) mass is 509 g/mol. The van der Waals surface area contributed by atoms with Crippen LogP contribution in [0.4, 0.5) is 23.2 Å². The van der Waals surface area contributed by atoms with Gasteiger partial charge in [0, 0.05) is 24.3 Å². The van der Waals surface area contributed by atoms with Gasteiger partial charge in [-0.2, -0.15) is 17.6 Å². The number of aromatic amines is 1. The number of hydrogen-bond donors (Lipinski definition) is 2. The Morgan fingerprint density at radius 3 is 2.50 bits per heavy atom. The minimum Gasteiger partial charge on any atom is -0.468 e. The highest BCUT2D eigenvalue weighted by atomic mass is 19.4. The largest absolute Gasteiger partial charge is 0.468 e. The fourth-order valence-corrected chi connectivity index (χ4v) is 4.93. The summed E-state index contributed by atoms with van der Waals surface area (Å²) in [5.74, 6) is -1.27. The van der Waals surface area contributed by atoms with E-state index in [1.165, 1.54) is 0 Å². The molecule has 1 aromatic carbocycles. The Morgan fingerprint density at radius 1 is 1.06 bits per heavy atom. The number of nitrogens with zero attached hydrogens (tertiary/aromatic N) is 2. The van der Waals surface area contributed by atoms with Gasteiger partial charge in [0.15, 0.2) is 6.10 Å². The highest BCUT2D eigenvalue weighted by Crippen LogP contribution is 2.40. The van der Waals surface area contributed by atoms with Crippen LogP contribution in [-0.2, 0) is 20.4 Å². The second kappa shape index (κ2) is 8.87. The molecule has 0 saturated carbocycles. The molecule has 4 atom stereocenters. The molecule has 2 N–H and O–H groups in total. The van der Waals surface area contributed by atoms with E-state index in [0.29, 0.717) is 26.3 Å². The topological polar surface area (TPSA) is 89.1 Å². The predicted octanol–water partition coefficient (Wildman–Crippen LogP) is 3.13. The lowest BCUT2D eigenvalue weighted by molar-refractivity contribution is -0.137. The first-order valence-corrected chi connectivity index (χ1v) is 11.6. The van der Waals surface area contributed by atoms with Gasteiger partial charge in [-0.15, -0.1) is 0 Å². The summed E-state index contributed by atoms with van der Waals surface area (Å²) in [6.07, 6.45) is -7.47. The lowest BCUT2D eigenvalue weighted by Gasteiger charge is -2.29. The molecule has 192 valence electrons. The highest BCUT2D eigenvalue weighted by molar-refractivity contribution is 5.83. The minimum absolute atomic E-state index is 0.0448. The third-order valence-electron chi connectivity index (χ3n) is 6.75. The third-order valence-corrected chi connectivity index (χ3v) is 6.75. The van der Waals surface area contributed by atoms with Gasteiger partial charge in [0.05, 0.1) is 43.2 Å². The summed E-state index contributed by atoms with van der Waals surface area (Å²) in [6, 6.07) is 7.39. The molecule has 0 bridgehead atoms. The molecule has 0 aliphatic carbocycles. The number of halogens is 4. The van der Waals surface area contributed by atoms with E-state index in [1.54, 1.807) is 24.3 Å². The lowest BCUT2D eigenvalue weighted by atomic mass is 10.0. The standard InChI is InChI=1S/C24H23F4N3O5/c25-18-20-15(29-23(18)36-17-11-35-21-16(32)10-34-22(17)21)9-14(24(26,27)28)19(30-20)12-1-3-13(4-2-12)31-5-7-33-8-6-31/h1-4,9,16-17,21-22,29,32H,5-8,10-11H2/t16-,17-,21?,22-/m1/s1. The molecular weight excluding hydrogens is 486 g/mol. The van der Waals surface area contributed by atoms with E-state index in [0.717, 1.165) is 11.8 Å². The molecule has 12 heteroatoms. The number of pyridine rings is 1. The maximum absolute atomic E-state index is 15.3. The summed E-state index contributed by atoms with van der Waals surface area (Å²) in [5, 5.41) is 9.88. The number of benzene rings is 1. The van der Waals surface area contributed by atoms with E-state index in [-0.39, 0.29) is 41.4 Å². The van der Waals surface area contributed by atoms with Crippen molar-refractivity contribution < 1.29 is 41.6 Å². The molecule has 36 heavy (non-hydrogen) atoms. The fraction of sp³-hybridized carbons (Fsp3) is 0.458. The quantitative estimate of drug-likeness (QED) is 0.523. The zero-order valence-corrected chi connectivity index (χ0v) is 18.9. The van der Waals surface area contributed by atoms with Crippen LogP contribution in [0.2, 0.25) is 0 Å². The van der Waals surface area contributed by atoms with Gasteiger partial charge < -0.3 is 33.9 Å². The summed E-state index contributed by atoms with van der Waals surface area (Å²) in [4.78, 5) is 8.74. The van der Waals surface area contributed by atoms with Crippen LogP contribution in [0.3, 0.4) is 0 Å². The van der Waals surface area contributed by atoms with Crippen molar-refractivity contribution in [2.24, 2.45) is 0 Å². The summed E-state index contributed by atoms with van der Waals surface area (Å²) in [5.41, 5.74) is -0.714. The number of aliphatic hydroxyl groups excluding tert-OH is 1. The van der Waals surface area contributed by atoms with Gasteiger partial charge >= 0.3 is 6.18 Å². The SMILES string of the molecule is O[C@@H]1CO[C@H]2C1OC[C@H]2Oc1[nH]c2cc(C(F)(F)F)c(-c3ccc(N4CCOCC4)cc3)nc2c1F. The van der Waals surface area contributed by atoms with E-state index in [4.69, 9.17) is 18.9 Å². The number of hydrogen-bond acceptors (Lipinski definition) is 7. The Balaban J connectivity index is 1.34. The van der Waals surface area contributed by atoms with Crippen molar-refractivity contribution in [3.05, 3.63) is 41.7 Å². The van der Waals surface area contributed by atoms with Crippen LogP contribution < -0.4 is 9.64 Å². The van der Waals surface area contributed by atoms with Crippen LogP contribution in [0.5, 0.6) is 5.88 Å². The third kappa shape index (κ3) is 4.07. The average Bonchev–Trinajstić information content (AvgIpc) is 3.54. The maximum Gasteiger partial charge on any atom is 0.418 e. The van der Waals surface area contributed by atoms with Crippen LogP contribution >= 0.6 is 0 Å². The van der Waals surface area contributed by atoms with E-state index < -0.39 is 42.0 Å². The number of fused-ring (bicyclic) bond motifs is 2. The van der Waals surface area contributed by atoms with Crippen molar-refractivity contribution in [2.75, 3.05) is 44.4 Å². The Labute approximate surface area is 202 Å². The number of alkyl halides is 3. The molecule has 3 aliphatic heterocycles. The molecule has 8 nitrogen and oxygen atoms in total. The minimum atomic E-state index is -4.72. The first kappa shape index (κ1) is 23.5. The molecule has 3 saturated heterocycles. The molecule has 3 aliphatic rings. The van der Waals surface area contributed by atoms with Gasteiger partial charge in [-0.3, -0.25) is 0 Å². The van der Waals surface area contributed by atoms with Crippen LogP contribution in [0.1, 0.15) is 5.56 Å². The molecule has 5 heterocycles. The summed E-state index contributed by atoms with van der Waals surface area (Å²) >= 11 is 0. The van der Waals surface area contributed by atoms with Crippen LogP contribution in [0, 0.1) is 5.82 Å². The van der Waals surface area contributed by atoms with E-state index in [1.807, 2.05) is 0 Å². The number of aromatic nitrogens is 2. The zero-order chi connectivity index (χ0) is 25.0. The van der Waals surface area contributed by atoms with E-state index in [9.17, 15) is 18.3 Å². The second-order valence-electron chi connectivity index (χ2n) is 9.01. The summed E-state index contributed by atoms with van der Waals surface area (Å²) in [7, 11) is 0. The van der Waals surface area contributed by atoms with E-state index >= 15 is 4.39 Å². The molecule has 0 radical (unpaired) electrons. The highest BCUT2D eigenvalue weighted by Gasteiger charge is 2.49. The number of ether oxygens (including phenoxy) is 4. The maximum atomic E-state index is 15.3. The van der Waals surface area contributed by atoms with Gasteiger partial charge in [0.25, 0.3) is 0 Å². The Hall–Kier alpha value is -2.93. The number of morpholine rings is 1. The van der Waals surface area contributed by atoms with Crippen molar-refractivity contribution in [2.45, 2.75) is 30.6 Å². The molecule has 3 fully saturated rings. The Morgan fingerprint density at radius 2 is 1.78 bits per heavy atom. The van der Waals surface area contributed by atoms with Gasteiger partial charge in [0.1, 0.15) is 23.8 Å². The first-order chi connectivity index (χ1) is 17.3. The number of H-pyrrole nitrogens is 1. The zero-order valence-electron chi connectivity index (χ0n) is 18.9. The number of anilines is 1. The van der Waals surface area contributed by atoms with Gasteiger partial charge in [0.2, 0.25) is 11.7 Å². The second-order valence-corrected chi connectivity index (χ2v) is 9.01. The van der Waals surface area contributed by atoms with E-state index in [2.05, 4.69) is 14.9 Å². The molecule has 0 amide bonds. The van der Waals surface area contributed by atoms with Crippen LogP contribution in [-0.4, -0.2) is 79.0 Å². The van der Waals surface area contributed by atoms with Crippen LogP contribution in [0.25, 0.3) is 22.3 Å². The fourth-order valence-electron chi connectivity index (χ4n) is 4.93. The smallest absolute Gasteiger partial charge is 0.418 e. The summed E-state index contributed by atoms with van der Waals surface area (Å²) in [6.45, 7) is 2.64. The predicted molar refractivity (Wildman–Crippen MR) is 119 cm³/mol. The molecule has 1 unspecified atom stereocenters. The Bertz CT molecular complexity index is 1260. The van der Waals surface area contributed by atoms with Crippen molar-refractivity contribution in [3.63, 3.8) is 0 Å². The van der Waals surface area contributed by atoms with Crippen molar-refractivity contribution >= 4 is 16.7 Å². The van der Waals surface area contributed by atoms with Crippen molar-refractivity contribution in [3.8, 4) is 17.1 Å². The molecule has 3 aromatic rings. The first-order valence-electron chi connectivity index (χ1n) is 11.6. The van der Waals surface area contributed by atoms with Gasteiger partial charge in [-0.25, -0.2) is 4.98 Å². The molecule has 0 spiro atoms. The molecule has 6 rings (SSSR count). The molecule has 2 aromatic heterocycles. The van der Waals surface area contributed by atoms with Gasteiger partial charge in [-0.1, -0.05) is 12.1 Å². The molecular formula is C24H23F4N3O5. The average molecular weight is 509 g/mol. The van der Waals surface area contributed by atoms with Crippen molar-refractivity contribution in [1.82, 2.24) is 9.97 Å². The number of rotatable bonds is 4. The number of nitrogens with one attached hydrogen (secondary N) is 1. The van der Waals surface area contributed by atoms with Crippen molar-refractivity contribution in [1.29, 1.82) is 0 Å². The number of aliphatic hydroxyl groups is 1.